The second-order valence-electron chi connectivity index (χ2n) is 4.89. The van der Waals surface area contributed by atoms with E-state index in [-0.39, 0.29) is 17.9 Å². The first kappa shape index (κ1) is 13.8. The Morgan fingerprint density at radius 3 is 2.76 bits per heavy atom. The lowest BCUT2D eigenvalue weighted by Gasteiger charge is -2.31. The molecule has 1 fully saturated rings. The van der Waals surface area contributed by atoms with E-state index in [2.05, 4.69) is 23.9 Å². The number of methoxy groups -OCH3 is 1. The van der Waals surface area contributed by atoms with Gasteiger partial charge in [0, 0.05) is 19.6 Å². The summed E-state index contributed by atoms with van der Waals surface area (Å²) in [7, 11) is 1.37. The maximum atomic E-state index is 11.9. The maximum Gasteiger partial charge on any atom is 0.409 e. The van der Waals surface area contributed by atoms with Crippen LogP contribution >= 0.6 is 0 Å². The minimum absolute atomic E-state index is 0.0484. The zero-order valence-corrected chi connectivity index (χ0v) is 10.9. The van der Waals surface area contributed by atoms with Gasteiger partial charge < -0.3 is 15.0 Å². The topological polar surface area (TPSA) is 58.6 Å². The molecule has 2 amide bonds. The normalized spacial score (nSPS) is 20.2. The Balaban J connectivity index is 2.43. The van der Waals surface area contributed by atoms with Crippen LogP contribution in [-0.2, 0) is 9.53 Å². The van der Waals surface area contributed by atoms with Crippen LogP contribution in [0.1, 0.15) is 26.7 Å². The molecule has 5 heteroatoms. The zero-order valence-electron chi connectivity index (χ0n) is 10.9. The van der Waals surface area contributed by atoms with Crippen molar-refractivity contribution < 1.29 is 14.3 Å². The van der Waals surface area contributed by atoms with Gasteiger partial charge in [-0.05, 0) is 18.8 Å². The Labute approximate surface area is 102 Å². The number of carbonyl (C=O) groups is 2. The molecule has 0 aromatic rings. The van der Waals surface area contributed by atoms with Crippen molar-refractivity contribution in [2.75, 3.05) is 26.7 Å². The smallest absolute Gasteiger partial charge is 0.409 e. The van der Waals surface area contributed by atoms with E-state index in [1.807, 2.05) is 0 Å². The minimum Gasteiger partial charge on any atom is -0.453 e. The molecule has 98 valence electrons. The van der Waals surface area contributed by atoms with Gasteiger partial charge in [-0.15, -0.1) is 0 Å². The van der Waals surface area contributed by atoms with Crippen molar-refractivity contribution in [3.63, 3.8) is 0 Å². The maximum absolute atomic E-state index is 11.9. The SMILES string of the molecule is COC(=O)N1CCCC(C(=O)NCC(C)C)C1. The minimum atomic E-state index is -0.341. The summed E-state index contributed by atoms with van der Waals surface area (Å²) < 4.78 is 4.67. The third-order valence-electron chi connectivity index (χ3n) is 2.91. The van der Waals surface area contributed by atoms with Crippen LogP contribution in [0.3, 0.4) is 0 Å². The highest BCUT2D eigenvalue weighted by Crippen LogP contribution is 2.17. The predicted octanol–water partition coefficient (Wildman–Crippen LogP) is 1.24. The fraction of sp³-hybridized carbons (Fsp3) is 0.833. The Hall–Kier alpha value is -1.26. The number of hydrogen-bond donors (Lipinski definition) is 1. The van der Waals surface area contributed by atoms with Crippen molar-refractivity contribution in [1.82, 2.24) is 10.2 Å². The van der Waals surface area contributed by atoms with Crippen molar-refractivity contribution in [3.8, 4) is 0 Å². The molecule has 17 heavy (non-hydrogen) atoms. The molecule has 0 aromatic heterocycles. The summed E-state index contributed by atoms with van der Waals surface area (Å²) >= 11 is 0. The fourth-order valence-corrected chi connectivity index (χ4v) is 1.94. The van der Waals surface area contributed by atoms with Crippen LogP contribution in [0.2, 0.25) is 0 Å². The monoisotopic (exact) mass is 242 g/mol. The summed E-state index contributed by atoms with van der Waals surface area (Å²) in [6, 6.07) is 0. The van der Waals surface area contributed by atoms with Gasteiger partial charge in [0.25, 0.3) is 0 Å². The van der Waals surface area contributed by atoms with E-state index >= 15 is 0 Å². The van der Waals surface area contributed by atoms with Crippen LogP contribution in [0, 0.1) is 11.8 Å². The van der Waals surface area contributed by atoms with E-state index in [9.17, 15) is 9.59 Å². The number of hydrogen-bond acceptors (Lipinski definition) is 3. The van der Waals surface area contributed by atoms with Gasteiger partial charge in [-0.1, -0.05) is 13.8 Å². The number of ether oxygens (including phenoxy) is 1. The first-order chi connectivity index (χ1) is 8.04. The molecule has 1 aliphatic heterocycles. The van der Waals surface area contributed by atoms with Crippen LogP contribution in [-0.4, -0.2) is 43.6 Å². The van der Waals surface area contributed by atoms with E-state index in [0.717, 1.165) is 12.8 Å². The molecule has 0 spiro atoms. The molecule has 1 heterocycles. The van der Waals surface area contributed by atoms with Crippen molar-refractivity contribution in [2.24, 2.45) is 11.8 Å². The van der Waals surface area contributed by atoms with Gasteiger partial charge in [0.15, 0.2) is 0 Å². The largest absolute Gasteiger partial charge is 0.453 e. The number of nitrogens with zero attached hydrogens (tertiary/aromatic N) is 1. The molecule has 0 saturated carbocycles. The molecule has 0 aromatic carbocycles. The number of rotatable bonds is 3. The number of nitrogens with one attached hydrogen (secondary N) is 1. The lowest BCUT2D eigenvalue weighted by Crippen LogP contribution is -2.45. The average molecular weight is 242 g/mol. The van der Waals surface area contributed by atoms with Crippen LogP contribution in [0.15, 0.2) is 0 Å². The first-order valence-electron chi connectivity index (χ1n) is 6.15. The number of piperidine rings is 1. The van der Waals surface area contributed by atoms with E-state index in [0.29, 0.717) is 25.6 Å². The summed E-state index contributed by atoms with van der Waals surface area (Å²) in [4.78, 5) is 24.8. The van der Waals surface area contributed by atoms with Crippen LogP contribution in [0.25, 0.3) is 0 Å². The van der Waals surface area contributed by atoms with Crippen molar-refractivity contribution in [3.05, 3.63) is 0 Å². The van der Waals surface area contributed by atoms with Gasteiger partial charge >= 0.3 is 6.09 Å². The highest BCUT2D eigenvalue weighted by Gasteiger charge is 2.28. The Morgan fingerprint density at radius 2 is 2.18 bits per heavy atom. The number of amides is 2. The molecule has 1 N–H and O–H groups in total. The lowest BCUT2D eigenvalue weighted by molar-refractivity contribution is -0.126. The Morgan fingerprint density at radius 1 is 1.47 bits per heavy atom. The summed E-state index contributed by atoms with van der Waals surface area (Å²) in [5.74, 6) is 0.396. The molecule has 1 aliphatic rings. The van der Waals surface area contributed by atoms with Crippen molar-refractivity contribution in [2.45, 2.75) is 26.7 Å². The number of likely N-dealkylation sites (tertiary alicyclic amines) is 1. The predicted molar refractivity (Wildman–Crippen MR) is 64.5 cm³/mol. The van der Waals surface area contributed by atoms with Crippen LogP contribution in [0.5, 0.6) is 0 Å². The van der Waals surface area contributed by atoms with E-state index in [4.69, 9.17) is 0 Å². The number of carbonyl (C=O) groups excluding carboxylic acids is 2. The molecule has 1 unspecified atom stereocenters. The first-order valence-corrected chi connectivity index (χ1v) is 6.15. The van der Waals surface area contributed by atoms with Gasteiger partial charge in [-0.3, -0.25) is 4.79 Å². The van der Waals surface area contributed by atoms with Crippen molar-refractivity contribution >= 4 is 12.0 Å². The molecular formula is C12H22N2O3. The average Bonchev–Trinajstić information content (AvgIpc) is 2.35. The van der Waals surface area contributed by atoms with E-state index in [1.54, 1.807) is 4.90 Å². The van der Waals surface area contributed by atoms with Gasteiger partial charge in [0.05, 0.1) is 13.0 Å². The lowest BCUT2D eigenvalue weighted by atomic mass is 9.97. The van der Waals surface area contributed by atoms with Gasteiger partial charge in [0.1, 0.15) is 0 Å². The Bertz CT molecular complexity index is 279. The standard InChI is InChI=1S/C12H22N2O3/c1-9(2)7-13-11(15)10-5-4-6-14(8-10)12(16)17-3/h9-10H,4-8H2,1-3H3,(H,13,15). The summed E-state index contributed by atoms with van der Waals surface area (Å²) in [6.07, 6.45) is 1.36. The molecule has 1 rings (SSSR count). The summed E-state index contributed by atoms with van der Waals surface area (Å²) in [5, 5.41) is 2.91. The molecule has 5 nitrogen and oxygen atoms in total. The fourth-order valence-electron chi connectivity index (χ4n) is 1.94. The van der Waals surface area contributed by atoms with Gasteiger partial charge in [-0.2, -0.15) is 0 Å². The highest BCUT2D eigenvalue weighted by molar-refractivity contribution is 5.79. The summed E-state index contributed by atoms with van der Waals surface area (Å²) in [5.41, 5.74) is 0. The summed E-state index contributed by atoms with van der Waals surface area (Å²) in [6.45, 7) is 5.95. The van der Waals surface area contributed by atoms with Crippen LogP contribution < -0.4 is 5.32 Å². The van der Waals surface area contributed by atoms with E-state index < -0.39 is 0 Å². The second kappa shape index (κ2) is 6.47. The second-order valence-corrected chi connectivity index (χ2v) is 4.89. The Kier molecular flexibility index (Phi) is 5.25. The van der Waals surface area contributed by atoms with Crippen molar-refractivity contribution in [1.29, 1.82) is 0 Å². The molecule has 1 saturated heterocycles. The van der Waals surface area contributed by atoms with Gasteiger partial charge in [-0.25, -0.2) is 4.79 Å². The van der Waals surface area contributed by atoms with E-state index in [1.165, 1.54) is 7.11 Å². The highest BCUT2D eigenvalue weighted by atomic mass is 16.5. The van der Waals surface area contributed by atoms with Gasteiger partial charge in [0.2, 0.25) is 5.91 Å². The molecule has 0 aliphatic carbocycles. The molecule has 0 bridgehead atoms. The third-order valence-corrected chi connectivity index (χ3v) is 2.91. The molecule has 0 radical (unpaired) electrons. The quantitative estimate of drug-likeness (QED) is 0.810. The molecule has 1 atom stereocenters. The molecular weight excluding hydrogens is 220 g/mol. The zero-order chi connectivity index (χ0) is 12.8. The van der Waals surface area contributed by atoms with Crippen LogP contribution in [0.4, 0.5) is 4.79 Å². The third kappa shape index (κ3) is 4.24.